The number of pyridine rings is 1. The third-order valence-electron chi connectivity index (χ3n) is 3.01. The molecule has 1 aromatic carbocycles. The molecule has 2 aromatic heterocycles. The Labute approximate surface area is 127 Å². The van der Waals surface area contributed by atoms with Crippen LogP contribution in [-0.2, 0) is 4.74 Å². The Morgan fingerprint density at radius 2 is 2.10 bits per heavy atom. The number of hydrogen-bond acceptors (Lipinski definition) is 4. The predicted molar refractivity (Wildman–Crippen MR) is 77.4 cm³/mol. The summed E-state index contributed by atoms with van der Waals surface area (Å²) in [5, 5.41) is 7.98. The van der Waals surface area contributed by atoms with Crippen LogP contribution in [0.4, 0.5) is 4.39 Å². The number of methoxy groups -OCH3 is 1. The van der Waals surface area contributed by atoms with Crippen molar-refractivity contribution in [3.63, 3.8) is 0 Å². The molecule has 0 saturated heterocycles. The van der Waals surface area contributed by atoms with Crippen LogP contribution in [0.5, 0.6) is 0 Å². The SMILES string of the molecule is COC(=O)c1ccc2nnc(-c3c(F)cccc3Br)n2c1. The van der Waals surface area contributed by atoms with Gasteiger partial charge in [-0.1, -0.05) is 6.07 Å². The smallest absolute Gasteiger partial charge is 0.339 e. The monoisotopic (exact) mass is 349 g/mol. The molecule has 0 saturated carbocycles. The Hall–Kier alpha value is -2.28. The maximum atomic E-state index is 14.1. The molecule has 0 N–H and O–H groups in total. The zero-order chi connectivity index (χ0) is 15.0. The summed E-state index contributed by atoms with van der Waals surface area (Å²) in [5.41, 5.74) is 1.12. The van der Waals surface area contributed by atoms with E-state index in [-0.39, 0.29) is 5.56 Å². The van der Waals surface area contributed by atoms with Crippen LogP contribution in [0.2, 0.25) is 0 Å². The van der Waals surface area contributed by atoms with Crippen LogP contribution in [0.15, 0.2) is 41.0 Å². The molecule has 0 aliphatic heterocycles. The number of aromatic nitrogens is 3. The molecule has 0 aliphatic rings. The van der Waals surface area contributed by atoms with Crippen molar-refractivity contribution in [1.82, 2.24) is 14.6 Å². The lowest BCUT2D eigenvalue weighted by Gasteiger charge is -2.05. The quantitative estimate of drug-likeness (QED) is 0.667. The first-order valence-corrected chi connectivity index (χ1v) is 6.78. The van der Waals surface area contributed by atoms with Gasteiger partial charge in [-0.25, -0.2) is 9.18 Å². The second-order valence-electron chi connectivity index (χ2n) is 4.26. The first-order chi connectivity index (χ1) is 10.1. The minimum absolute atomic E-state index is 0.284. The lowest BCUT2D eigenvalue weighted by molar-refractivity contribution is 0.0600. The van der Waals surface area contributed by atoms with E-state index in [1.807, 2.05) is 0 Å². The van der Waals surface area contributed by atoms with Crippen molar-refractivity contribution in [2.75, 3.05) is 7.11 Å². The lowest BCUT2D eigenvalue weighted by Crippen LogP contribution is -2.03. The minimum Gasteiger partial charge on any atom is -0.465 e. The van der Waals surface area contributed by atoms with Gasteiger partial charge in [0, 0.05) is 10.7 Å². The second kappa shape index (κ2) is 5.25. The van der Waals surface area contributed by atoms with E-state index in [2.05, 4.69) is 30.9 Å². The van der Waals surface area contributed by atoms with Crippen LogP contribution in [0, 0.1) is 5.82 Å². The number of carbonyl (C=O) groups excluding carboxylic acids is 1. The zero-order valence-electron chi connectivity index (χ0n) is 10.9. The molecule has 3 rings (SSSR count). The van der Waals surface area contributed by atoms with Gasteiger partial charge >= 0.3 is 5.97 Å². The number of carbonyl (C=O) groups is 1. The van der Waals surface area contributed by atoms with E-state index in [4.69, 9.17) is 0 Å². The fraction of sp³-hybridized carbons (Fsp3) is 0.0714. The molecule has 0 amide bonds. The minimum atomic E-state index is -0.482. The summed E-state index contributed by atoms with van der Waals surface area (Å²) in [7, 11) is 1.30. The van der Waals surface area contributed by atoms with Gasteiger partial charge in [-0.15, -0.1) is 10.2 Å². The Morgan fingerprint density at radius 1 is 1.29 bits per heavy atom. The predicted octanol–water partition coefficient (Wildman–Crippen LogP) is 3.08. The molecular weight excluding hydrogens is 341 g/mol. The van der Waals surface area contributed by atoms with Gasteiger partial charge in [-0.2, -0.15) is 0 Å². The lowest BCUT2D eigenvalue weighted by atomic mass is 10.2. The van der Waals surface area contributed by atoms with Crippen LogP contribution in [-0.4, -0.2) is 27.7 Å². The molecule has 21 heavy (non-hydrogen) atoms. The Bertz CT molecular complexity index is 827. The molecule has 0 aliphatic carbocycles. The normalized spacial score (nSPS) is 10.8. The van der Waals surface area contributed by atoms with Crippen LogP contribution in [0.25, 0.3) is 17.0 Å². The summed E-state index contributed by atoms with van der Waals surface area (Å²) in [6, 6.07) is 7.84. The summed E-state index contributed by atoms with van der Waals surface area (Å²) < 4.78 is 20.8. The van der Waals surface area contributed by atoms with E-state index in [1.54, 1.807) is 28.7 Å². The number of nitrogens with zero attached hydrogens (tertiary/aromatic N) is 3. The van der Waals surface area contributed by atoms with Crippen molar-refractivity contribution < 1.29 is 13.9 Å². The van der Waals surface area contributed by atoms with Gasteiger partial charge in [0.1, 0.15) is 5.82 Å². The highest BCUT2D eigenvalue weighted by atomic mass is 79.9. The number of rotatable bonds is 2. The summed E-state index contributed by atoms with van der Waals surface area (Å²) in [6.45, 7) is 0. The maximum Gasteiger partial charge on any atom is 0.339 e. The summed E-state index contributed by atoms with van der Waals surface area (Å²) >= 11 is 3.30. The molecule has 0 spiro atoms. The second-order valence-corrected chi connectivity index (χ2v) is 5.11. The van der Waals surface area contributed by atoms with Crippen molar-refractivity contribution in [2.45, 2.75) is 0 Å². The fourth-order valence-electron chi connectivity index (χ4n) is 2.01. The molecule has 2 heterocycles. The van der Waals surface area contributed by atoms with E-state index in [0.717, 1.165) is 0 Å². The van der Waals surface area contributed by atoms with Crippen molar-refractivity contribution >= 4 is 27.5 Å². The number of esters is 1. The number of fused-ring (bicyclic) bond motifs is 1. The van der Waals surface area contributed by atoms with Gasteiger partial charge in [0.25, 0.3) is 0 Å². The number of halogens is 2. The Kier molecular flexibility index (Phi) is 3.42. The fourth-order valence-corrected chi connectivity index (χ4v) is 2.53. The molecule has 3 aromatic rings. The summed E-state index contributed by atoms with van der Waals surface area (Å²) in [5.74, 6) is -0.605. The number of ether oxygens (including phenoxy) is 1. The summed E-state index contributed by atoms with van der Waals surface area (Å²) in [6.07, 6.45) is 1.52. The first kappa shape index (κ1) is 13.7. The van der Waals surface area contributed by atoms with Gasteiger partial charge in [0.15, 0.2) is 11.5 Å². The van der Waals surface area contributed by atoms with Gasteiger partial charge in [0.2, 0.25) is 0 Å². The molecular formula is C14H9BrFN3O2. The number of hydrogen-bond donors (Lipinski definition) is 0. The van der Waals surface area contributed by atoms with Crippen LogP contribution in [0.1, 0.15) is 10.4 Å². The topological polar surface area (TPSA) is 56.5 Å². The summed E-state index contributed by atoms with van der Waals surface area (Å²) in [4.78, 5) is 11.6. The van der Waals surface area contributed by atoms with Crippen molar-refractivity contribution in [3.05, 3.63) is 52.4 Å². The molecule has 0 atom stereocenters. The first-order valence-electron chi connectivity index (χ1n) is 5.99. The highest BCUT2D eigenvalue weighted by molar-refractivity contribution is 9.10. The molecule has 0 fully saturated rings. The molecule has 106 valence electrons. The zero-order valence-corrected chi connectivity index (χ0v) is 12.5. The van der Waals surface area contributed by atoms with E-state index < -0.39 is 11.8 Å². The third kappa shape index (κ3) is 2.29. The molecule has 0 unspecified atom stereocenters. The standard InChI is InChI=1S/C14H9BrFN3O2/c1-21-14(20)8-5-6-11-17-18-13(19(11)7-8)12-9(15)3-2-4-10(12)16/h2-7H,1H3. The van der Waals surface area contributed by atoms with E-state index in [1.165, 1.54) is 19.4 Å². The largest absolute Gasteiger partial charge is 0.465 e. The Balaban J connectivity index is 2.26. The number of benzene rings is 1. The highest BCUT2D eigenvalue weighted by Crippen LogP contribution is 2.29. The van der Waals surface area contributed by atoms with Gasteiger partial charge in [0.05, 0.1) is 18.2 Å². The average molecular weight is 350 g/mol. The van der Waals surface area contributed by atoms with Gasteiger partial charge in [-0.3, -0.25) is 4.40 Å². The van der Waals surface area contributed by atoms with E-state index in [0.29, 0.717) is 21.5 Å². The van der Waals surface area contributed by atoms with E-state index >= 15 is 0 Å². The van der Waals surface area contributed by atoms with Crippen molar-refractivity contribution in [2.24, 2.45) is 0 Å². The molecule has 5 nitrogen and oxygen atoms in total. The molecule has 0 radical (unpaired) electrons. The van der Waals surface area contributed by atoms with Gasteiger partial charge < -0.3 is 4.74 Å². The van der Waals surface area contributed by atoms with Crippen LogP contribution >= 0.6 is 15.9 Å². The van der Waals surface area contributed by atoms with Crippen LogP contribution < -0.4 is 0 Å². The highest BCUT2D eigenvalue weighted by Gasteiger charge is 2.17. The van der Waals surface area contributed by atoms with Gasteiger partial charge in [-0.05, 0) is 40.2 Å². The molecule has 0 bridgehead atoms. The average Bonchev–Trinajstić information content (AvgIpc) is 2.89. The van der Waals surface area contributed by atoms with Crippen molar-refractivity contribution in [3.8, 4) is 11.4 Å². The Morgan fingerprint density at radius 3 is 2.81 bits per heavy atom. The van der Waals surface area contributed by atoms with Crippen LogP contribution in [0.3, 0.4) is 0 Å². The molecule has 7 heteroatoms. The van der Waals surface area contributed by atoms with Crippen molar-refractivity contribution in [1.29, 1.82) is 0 Å². The third-order valence-corrected chi connectivity index (χ3v) is 3.67. The van der Waals surface area contributed by atoms with E-state index in [9.17, 15) is 9.18 Å². The maximum absolute atomic E-state index is 14.1.